The Balaban J connectivity index is 3.09. The molecule has 0 saturated carbocycles. The van der Waals surface area contributed by atoms with Crippen molar-refractivity contribution in [3.05, 3.63) is 40.1 Å². The lowest BCUT2D eigenvalue weighted by Crippen LogP contribution is -2.12. The van der Waals surface area contributed by atoms with Crippen LogP contribution in [0.5, 0.6) is 0 Å². The van der Waals surface area contributed by atoms with Crippen LogP contribution in [-0.2, 0) is 14.3 Å². The largest absolute Gasteiger partial charge is 0.512 e. The SMILES string of the molecule is CCCOC(=O)C(C=Nc1cccc(C(=O)OC(C)C)c1Cl)=C(C)O. The third-order valence-electron chi connectivity index (χ3n) is 2.92. The first-order chi connectivity index (χ1) is 11.8. The maximum absolute atomic E-state index is 12.0. The van der Waals surface area contributed by atoms with Crippen molar-refractivity contribution in [3.63, 3.8) is 0 Å². The van der Waals surface area contributed by atoms with Gasteiger partial charge < -0.3 is 14.6 Å². The number of aliphatic hydroxyl groups excluding tert-OH is 1. The van der Waals surface area contributed by atoms with E-state index >= 15 is 0 Å². The van der Waals surface area contributed by atoms with Crippen LogP contribution in [0.3, 0.4) is 0 Å². The van der Waals surface area contributed by atoms with Gasteiger partial charge in [-0.3, -0.25) is 4.99 Å². The van der Waals surface area contributed by atoms with E-state index in [-0.39, 0.29) is 40.3 Å². The summed E-state index contributed by atoms with van der Waals surface area (Å²) in [6.45, 7) is 6.92. The van der Waals surface area contributed by atoms with Crippen LogP contribution in [0.4, 0.5) is 5.69 Å². The Bertz CT molecular complexity index is 691. The topological polar surface area (TPSA) is 85.2 Å². The Morgan fingerprint density at radius 1 is 1.36 bits per heavy atom. The van der Waals surface area contributed by atoms with Crippen molar-refractivity contribution in [3.8, 4) is 0 Å². The van der Waals surface area contributed by atoms with Crippen molar-refractivity contribution in [1.29, 1.82) is 0 Å². The molecular weight excluding hydrogens is 346 g/mol. The first kappa shape index (κ1) is 20.7. The van der Waals surface area contributed by atoms with Gasteiger partial charge in [-0.2, -0.15) is 0 Å². The Hall–Kier alpha value is -2.34. The van der Waals surface area contributed by atoms with E-state index in [1.807, 2.05) is 6.92 Å². The van der Waals surface area contributed by atoms with E-state index in [0.717, 1.165) is 6.21 Å². The van der Waals surface area contributed by atoms with Crippen LogP contribution in [-0.4, -0.2) is 36.0 Å². The molecule has 0 saturated heterocycles. The van der Waals surface area contributed by atoms with Gasteiger partial charge in [0, 0.05) is 6.21 Å². The molecule has 7 heteroatoms. The minimum atomic E-state index is -0.683. The van der Waals surface area contributed by atoms with Crippen molar-refractivity contribution in [1.82, 2.24) is 0 Å². The quantitative estimate of drug-likeness (QED) is 0.334. The normalized spacial score (nSPS) is 12.2. The molecule has 0 aliphatic heterocycles. The monoisotopic (exact) mass is 367 g/mol. The van der Waals surface area contributed by atoms with Gasteiger partial charge in [0.25, 0.3) is 0 Å². The van der Waals surface area contributed by atoms with Crippen LogP contribution in [0.1, 0.15) is 44.5 Å². The molecule has 0 aliphatic rings. The lowest BCUT2D eigenvalue weighted by Gasteiger charge is -2.10. The molecule has 6 nitrogen and oxygen atoms in total. The number of aliphatic hydroxyl groups is 1. The molecule has 0 unspecified atom stereocenters. The minimum Gasteiger partial charge on any atom is -0.512 e. The number of aliphatic imine (C=N–C) groups is 1. The number of rotatable bonds is 7. The van der Waals surface area contributed by atoms with Gasteiger partial charge in [0.2, 0.25) is 0 Å². The Morgan fingerprint density at radius 2 is 2.04 bits per heavy atom. The number of benzene rings is 1. The molecule has 1 aromatic carbocycles. The number of esters is 2. The van der Waals surface area contributed by atoms with E-state index in [1.165, 1.54) is 13.0 Å². The van der Waals surface area contributed by atoms with Crippen molar-refractivity contribution in [2.24, 2.45) is 4.99 Å². The van der Waals surface area contributed by atoms with Crippen LogP contribution in [0.15, 0.2) is 34.5 Å². The molecule has 0 aromatic heterocycles. The third kappa shape index (κ3) is 6.23. The molecule has 1 rings (SSSR count). The summed E-state index contributed by atoms with van der Waals surface area (Å²) in [5, 5.41) is 9.75. The number of hydrogen-bond acceptors (Lipinski definition) is 6. The van der Waals surface area contributed by atoms with E-state index in [9.17, 15) is 14.7 Å². The first-order valence-electron chi connectivity index (χ1n) is 7.88. The van der Waals surface area contributed by atoms with Crippen LogP contribution >= 0.6 is 11.6 Å². The highest BCUT2D eigenvalue weighted by Crippen LogP contribution is 2.29. The predicted molar refractivity (Wildman–Crippen MR) is 96.7 cm³/mol. The summed E-state index contributed by atoms with van der Waals surface area (Å²) in [7, 11) is 0. The Morgan fingerprint density at radius 3 is 2.60 bits per heavy atom. The van der Waals surface area contributed by atoms with Gasteiger partial charge in [-0.1, -0.05) is 24.6 Å². The molecule has 0 fully saturated rings. The van der Waals surface area contributed by atoms with Gasteiger partial charge in [0.1, 0.15) is 11.3 Å². The van der Waals surface area contributed by atoms with E-state index in [2.05, 4.69) is 4.99 Å². The Kier molecular flexibility index (Phi) is 8.15. The number of hydrogen-bond donors (Lipinski definition) is 1. The fourth-order valence-corrected chi connectivity index (χ4v) is 2.01. The van der Waals surface area contributed by atoms with E-state index < -0.39 is 11.9 Å². The number of halogens is 1. The zero-order valence-corrected chi connectivity index (χ0v) is 15.5. The van der Waals surface area contributed by atoms with Crippen molar-refractivity contribution in [2.75, 3.05) is 6.61 Å². The molecule has 0 aliphatic carbocycles. The smallest absolute Gasteiger partial charge is 0.343 e. The zero-order valence-electron chi connectivity index (χ0n) is 14.7. The van der Waals surface area contributed by atoms with Gasteiger partial charge >= 0.3 is 11.9 Å². The molecule has 1 N–H and O–H groups in total. The van der Waals surface area contributed by atoms with Gasteiger partial charge in [-0.25, -0.2) is 9.59 Å². The molecule has 0 radical (unpaired) electrons. The highest BCUT2D eigenvalue weighted by molar-refractivity contribution is 6.36. The number of allylic oxidation sites excluding steroid dienone is 1. The number of carbonyl (C=O) groups is 2. The molecule has 0 amide bonds. The first-order valence-corrected chi connectivity index (χ1v) is 8.26. The van der Waals surface area contributed by atoms with Crippen LogP contribution in [0.2, 0.25) is 5.02 Å². The van der Waals surface area contributed by atoms with E-state index in [4.69, 9.17) is 21.1 Å². The lowest BCUT2D eigenvalue weighted by molar-refractivity contribution is -0.138. The van der Waals surface area contributed by atoms with Gasteiger partial charge in [0.15, 0.2) is 0 Å². The second-order valence-corrected chi connectivity index (χ2v) is 5.86. The summed E-state index contributed by atoms with van der Waals surface area (Å²) in [4.78, 5) is 28.0. The summed E-state index contributed by atoms with van der Waals surface area (Å²) in [5.74, 6) is -1.47. The van der Waals surface area contributed by atoms with Gasteiger partial charge in [-0.05, 0) is 39.3 Å². The zero-order chi connectivity index (χ0) is 19.0. The highest BCUT2D eigenvalue weighted by atomic mass is 35.5. The summed E-state index contributed by atoms with van der Waals surface area (Å²) in [6.07, 6.45) is 1.54. The molecule has 25 heavy (non-hydrogen) atoms. The summed E-state index contributed by atoms with van der Waals surface area (Å²) in [6, 6.07) is 4.70. The fourth-order valence-electron chi connectivity index (χ4n) is 1.76. The summed E-state index contributed by atoms with van der Waals surface area (Å²) >= 11 is 6.20. The standard InChI is InChI=1S/C18H22ClNO5/c1-5-9-24-17(22)14(12(4)21)10-20-15-8-6-7-13(16(15)19)18(23)25-11(2)3/h6-8,10-11,21H,5,9H2,1-4H3. The van der Waals surface area contributed by atoms with Crippen LogP contribution in [0, 0.1) is 0 Å². The molecule has 0 heterocycles. The second-order valence-electron chi connectivity index (χ2n) is 5.49. The Labute approximate surface area is 152 Å². The van der Waals surface area contributed by atoms with E-state index in [1.54, 1.807) is 26.0 Å². The lowest BCUT2D eigenvalue weighted by atomic mass is 10.2. The molecule has 0 atom stereocenters. The van der Waals surface area contributed by atoms with Gasteiger partial charge in [0.05, 0.1) is 29.0 Å². The van der Waals surface area contributed by atoms with Crippen LogP contribution in [0.25, 0.3) is 0 Å². The summed E-state index contributed by atoms with van der Waals surface area (Å²) < 4.78 is 10.1. The molecule has 1 aromatic rings. The number of nitrogens with zero attached hydrogens (tertiary/aromatic N) is 1. The fraction of sp³-hybridized carbons (Fsp3) is 0.389. The number of carbonyl (C=O) groups excluding carboxylic acids is 2. The molecule has 136 valence electrons. The van der Waals surface area contributed by atoms with Crippen molar-refractivity contribution in [2.45, 2.75) is 40.2 Å². The average molecular weight is 368 g/mol. The maximum atomic E-state index is 12.0. The molecule has 0 bridgehead atoms. The predicted octanol–water partition coefficient (Wildman–Crippen LogP) is 4.39. The maximum Gasteiger partial charge on any atom is 0.343 e. The molecule has 0 spiro atoms. The van der Waals surface area contributed by atoms with Crippen molar-refractivity contribution < 1.29 is 24.2 Å². The third-order valence-corrected chi connectivity index (χ3v) is 3.32. The highest BCUT2D eigenvalue weighted by Gasteiger charge is 2.17. The average Bonchev–Trinajstić information content (AvgIpc) is 2.53. The summed E-state index contributed by atoms with van der Waals surface area (Å²) in [5.41, 5.74) is 0.353. The van der Waals surface area contributed by atoms with E-state index in [0.29, 0.717) is 6.42 Å². The second kappa shape index (κ2) is 9.84. The van der Waals surface area contributed by atoms with Gasteiger partial charge in [-0.15, -0.1) is 0 Å². The minimum absolute atomic E-state index is 0.0836. The van der Waals surface area contributed by atoms with Crippen molar-refractivity contribution >= 4 is 35.4 Å². The molecular formula is C18H22ClNO5. The number of ether oxygens (including phenoxy) is 2. The van der Waals surface area contributed by atoms with Crippen LogP contribution < -0.4 is 0 Å².